The number of nitrogens with two attached hydrogens (primary N) is 1. The molecule has 0 aliphatic carbocycles. The maximum atomic E-state index is 13.6. The molecule has 0 fully saturated rings. The highest BCUT2D eigenvalue weighted by Crippen LogP contribution is 2.33. The first-order valence-corrected chi connectivity index (χ1v) is 8.16. The summed E-state index contributed by atoms with van der Waals surface area (Å²) in [5.74, 6) is -0.689. The topological polar surface area (TPSA) is 50.7 Å². The summed E-state index contributed by atoms with van der Waals surface area (Å²) in [5, 5.41) is 7.58. The smallest absolute Gasteiger partial charge is 0.377 e. The van der Waals surface area contributed by atoms with Crippen molar-refractivity contribution in [3.05, 3.63) is 70.5 Å². The summed E-state index contributed by atoms with van der Waals surface area (Å²) >= 11 is 1.25. The second kappa shape index (κ2) is 8.15. The van der Waals surface area contributed by atoms with Gasteiger partial charge in [0.05, 0.1) is 11.8 Å². The molecule has 0 aliphatic heterocycles. The highest BCUT2D eigenvalue weighted by Gasteiger charge is 2.34. The molecule has 0 radical (unpaired) electrons. The molecule has 0 saturated carbocycles. The minimum Gasteiger partial charge on any atom is -0.377 e. The fourth-order valence-electron chi connectivity index (χ4n) is 1.99. The van der Waals surface area contributed by atoms with Crippen molar-refractivity contribution in [2.75, 3.05) is 0 Å². The molecular formula is C17H15F4N3S. The predicted octanol–water partition coefficient (Wildman–Crippen LogP) is 4.73. The zero-order valence-corrected chi connectivity index (χ0v) is 14.0. The van der Waals surface area contributed by atoms with Crippen molar-refractivity contribution in [2.45, 2.75) is 18.9 Å². The van der Waals surface area contributed by atoms with Gasteiger partial charge in [-0.3, -0.25) is 0 Å². The van der Waals surface area contributed by atoms with Gasteiger partial charge in [-0.05, 0) is 35.7 Å². The summed E-state index contributed by atoms with van der Waals surface area (Å²) in [5.41, 5.74) is 5.40. The van der Waals surface area contributed by atoms with Gasteiger partial charge < -0.3 is 5.73 Å². The summed E-state index contributed by atoms with van der Waals surface area (Å²) in [4.78, 5) is 0. The summed E-state index contributed by atoms with van der Waals surface area (Å²) in [6.45, 7) is 1.26. The minimum atomic E-state index is -4.77. The fraction of sp³-hybridized carbons (Fsp3) is 0.176. The lowest BCUT2D eigenvalue weighted by atomic mass is 10.1. The van der Waals surface area contributed by atoms with Crippen LogP contribution in [-0.2, 0) is 11.9 Å². The summed E-state index contributed by atoms with van der Waals surface area (Å²) in [7, 11) is 0. The largest absolute Gasteiger partial charge is 0.419 e. The standard InChI is InChI=1S/C17H15F4N3S/c1-11-7-13(8-14(15(11)18)17(19,20)21)9-23-24-16(22)25-10-12-5-3-2-4-6-12/h2-9H,10H2,1H3,(H2,22,24). The molecule has 0 saturated heterocycles. The Bertz CT molecular complexity index is 786. The molecule has 0 aliphatic rings. The highest BCUT2D eigenvalue weighted by atomic mass is 32.2. The molecule has 2 N–H and O–H groups in total. The Morgan fingerprint density at radius 2 is 1.88 bits per heavy atom. The molecule has 0 unspecified atom stereocenters. The van der Waals surface area contributed by atoms with Crippen LogP contribution in [0.2, 0.25) is 0 Å². The third kappa shape index (κ3) is 5.60. The number of aryl methyl sites for hydroxylation is 1. The first-order valence-electron chi connectivity index (χ1n) is 7.18. The molecule has 0 heterocycles. The van der Waals surface area contributed by atoms with E-state index in [2.05, 4.69) is 10.2 Å². The molecule has 0 bridgehead atoms. The molecule has 3 nitrogen and oxygen atoms in total. The Hall–Kier alpha value is -2.35. The van der Waals surface area contributed by atoms with Gasteiger partial charge in [-0.1, -0.05) is 42.1 Å². The molecule has 2 aromatic carbocycles. The molecule has 2 rings (SSSR count). The van der Waals surface area contributed by atoms with Gasteiger partial charge in [-0.25, -0.2) is 4.39 Å². The van der Waals surface area contributed by atoms with E-state index in [0.29, 0.717) is 11.8 Å². The SMILES string of the molecule is Cc1cc(C=NN=C(N)SCc2ccccc2)cc(C(F)(F)F)c1F. The summed E-state index contributed by atoms with van der Waals surface area (Å²) < 4.78 is 51.9. The minimum absolute atomic E-state index is 0.0934. The molecule has 0 atom stereocenters. The second-order valence-corrected chi connectivity index (χ2v) is 6.15. The van der Waals surface area contributed by atoms with Crippen molar-refractivity contribution >= 4 is 23.1 Å². The molecule has 8 heteroatoms. The Morgan fingerprint density at radius 1 is 1.20 bits per heavy atom. The lowest BCUT2D eigenvalue weighted by Gasteiger charge is -2.10. The molecule has 0 aromatic heterocycles. The van der Waals surface area contributed by atoms with Gasteiger partial charge in [0, 0.05) is 5.75 Å². The molecule has 132 valence electrons. The Morgan fingerprint density at radius 3 is 2.52 bits per heavy atom. The number of hydrogen-bond donors (Lipinski definition) is 1. The van der Waals surface area contributed by atoms with Crippen LogP contribution >= 0.6 is 11.8 Å². The molecule has 25 heavy (non-hydrogen) atoms. The zero-order valence-electron chi connectivity index (χ0n) is 13.2. The molecule has 0 amide bonds. The lowest BCUT2D eigenvalue weighted by Crippen LogP contribution is -2.10. The van der Waals surface area contributed by atoms with Crippen molar-refractivity contribution in [2.24, 2.45) is 15.9 Å². The van der Waals surface area contributed by atoms with E-state index in [4.69, 9.17) is 5.73 Å². The van der Waals surface area contributed by atoms with Crippen LogP contribution in [0.3, 0.4) is 0 Å². The van der Waals surface area contributed by atoms with E-state index < -0.39 is 17.6 Å². The first kappa shape index (κ1) is 19.0. The number of halogens is 4. The number of amidine groups is 1. The summed E-state index contributed by atoms with van der Waals surface area (Å²) in [6.07, 6.45) is -3.66. The van der Waals surface area contributed by atoms with E-state index in [1.807, 2.05) is 30.3 Å². The zero-order chi connectivity index (χ0) is 18.4. The molecule has 2 aromatic rings. The van der Waals surface area contributed by atoms with Gasteiger partial charge in [0.25, 0.3) is 0 Å². The van der Waals surface area contributed by atoms with Gasteiger partial charge in [0.2, 0.25) is 0 Å². The fourth-order valence-corrected chi connectivity index (χ4v) is 2.60. The third-order valence-corrected chi connectivity index (χ3v) is 4.03. The number of thioether (sulfide) groups is 1. The maximum absolute atomic E-state index is 13.6. The maximum Gasteiger partial charge on any atom is 0.419 e. The number of hydrogen-bond acceptors (Lipinski definition) is 3. The normalized spacial score (nSPS) is 12.8. The van der Waals surface area contributed by atoms with Crippen molar-refractivity contribution < 1.29 is 17.6 Å². The van der Waals surface area contributed by atoms with Crippen LogP contribution in [-0.4, -0.2) is 11.4 Å². The number of alkyl halides is 3. The van der Waals surface area contributed by atoms with Crippen LogP contribution in [0.25, 0.3) is 0 Å². The van der Waals surface area contributed by atoms with Crippen molar-refractivity contribution in [3.63, 3.8) is 0 Å². The molecule has 0 spiro atoms. The predicted molar refractivity (Wildman–Crippen MR) is 93.1 cm³/mol. The average Bonchev–Trinajstić information content (AvgIpc) is 2.56. The van der Waals surface area contributed by atoms with Crippen molar-refractivity contribution in [1.82, 2.24) is 0 Å². The number of nitrogens with zero attached hydrogens (tertiary/aromatic N) is 2. The van der Waals surface area contributed by atoms with Crippen LogP contribution in [0.1, 0.15) is 22.3 Å². The number of rotatable bonds is 4. The second-order valence-electron chi connectivity index (χ2n) is 5.15. The monoisotopic (exact) mass is 369 g/mol. The van der Waals surface area contributed by atoms with E-state index in [0.717, 1.165) is 11.8 Å². The Balaban J connectivity index is 2.07. The van der Waals surface area contributed by atoms with Crippen LogP contribution in [0, 0.1) is 12.7 Å². The van der Waals surface area contributed by atoms with Gasteiger partial charge >= 0.3 is 6.18 Å². The average molecular weight is 369 g/mol. The van der Waals surface area contributed by atoms with E-state index in [1.54, 1.807) is 0 Å². The lowest BCUT2D eigenvalue weighted by molar-refractivity contribution is -0.140. The van der Waals surface area contributed by atoms with E-state index >= 15 is 0 Å². The van der Waals surface area contributed by atoms with Crippen molar-refractivity contribution in [1.29, 1.82) is 0 Å². The Kier molecular flexibility index (Phi) is 6.19. The van der Waals surface area contributed by atoms with Crippen LogP contribution in [0.15, 0.2) is 52.7 Å². The number of benzene rings is 2. The van der Waals surface area contributed by atoms with Gasteiger partial charge in [-0.2, -0.15) is 18.3 Å². The third-order valence-electron chi connectivity index (χ3n) is 3.17. The first-order chi connectivity index (χ1) is 11.8. The van der Waals surface area contributed by atoms with E-state index in [1.165, 1.54) is 24.8 Å². The van der Waals surface area contributed by atoms with Crippen LogP contribution in [0.4, 0.5) is 17.6 Å². The van der Waals surface area contributed by atoms with Gasteiger partial charge in [0.15, 0.2) is 5.17 Å². The molecular weight excluding hydrogens is 354 g/mol. The van der Waals surface area contributed by atoms with Gasteiger partial charge in [-0.15, -0.1) is 5.10 Å². The Labute approximate surface area is 146 Å². The quantitative estimate of drug-likeness (QED) is 0.366. The highest BCUT2D eigenvalue weighted by molar-refractivity contribution is 8.13. The van der Waals surface area contributed by atoms with Crippen LogP contribution in [0.5, 0.6) is 0 Å². The van der Waals surface area contributed by atoms with Crippen molar-refractivity contribution in [3.8, 4) is 0 Å². The van der Waals surface area contributed by atoms with E-state index in [-0.39, 0.29) is 16.3 Å². The van der Waals surface area contributed by atoms with Crippen LogP contribution < -0.4 is 5.73 Å². The van der Waals surface area contributed by atoms with E-state index in [9.17, 15) is 17.6 Å². The summed E-state index contributed by atoms with van der Waals surface area (Å²) in [6, 6.07) is 11.5. The van der Waals surface area contributed by atoms with Gasteiger partial charge in [0.1, 0.15) is 5.82 Å².